The summed E-state index contributed by atoms with van der Waals surface area (Å²) in [6.45, 7) is 0.567. The quantitative estimate of drug-likeness (QED) is 0.489. The zero-order valence-electron chi connectivity index (χ0n) is 8.34. The highest BCUT2D eigenvalue weighted by atomic mass is 16.5. The van der Waals surface area contributed by atoms with Crippen LogP contribution < -0.4 is 0 Å². The van der Waals surface area contributed by atoms with E-state index < -0.39 is 5.92 Å². The van der Waals surface area contributed by atoms with Crippen molar-refractivity contribution in [1.82, 2.24) is 15.0 Å². The van der Waals surface area contributed by atoms with Crippen molar-refractivity contribution in [1.29, 1.82) is 0 Å². The molecule has 6 heteroatoms. The number of aryl methyl sites for hydroxylation is 1. The first-order valence-corrected chi connectivity index (χ1v) is 4.69. The van der Waals surface area contributed by atoms with Gasteiger partial charge in [0.25, 0.3) is 0 Å². The van der Waals surface area contributed by atoms with Gasteiger partial charge in [0.1, 0.15) is 17.4 Å². The molecule has 1 fully saturated rings. The maximum atomic E-state index is 11.8. The molecule has 2 rings (SSSR count). The van der Waals surface area contributed by atoms with E-state index in [-0.39, 0.29) is 23.9 Å². The number of Topliss-reactive ketones (excluding diaryl/α,β-unsaturated/α-hetero) is 2. The average molecular weight is 209 g/mol. The van der Waals surface area contributed by atoms with Crippen molar-refractivity contribution >= 4 is 11.6 Å². The third-order valence-electron chi connectivity index (χ3n) is 2.33. The van der Waals surface area contributed by atoms with Crippen molar-refractivity contribution in [3.05, 3.63) is 11.9 Å². The fourth-order valence-electron chi connectivity index (χ4n) is 1.50. The maximum Gasteiger partial charge on any atom is 0.197 e. The molecule has 1 aromatic heterocycles. The van der Waals surface area contributed by atoms with Gasteiger partial charge in [-0.1, -0.05) is 0 Å². The Balaban J connectivity index is 2.16. The van der Waals surface area contributed by atoms with E-state index in [4.69, 9.17) is 4.74 Å². The van der Waals surface area contributed by atoms with Crippen molar-refractivity contribution in [2.75, 3.05) is 13.2 Å². The Labute approximate surface area is 86.2 Å². The summed E-state index contributed by atoms with van der Waals surface area (Å²) in [4.78, 5) is 24.6. The molecule has 0 radical (unpaired) electrons. The molecule has 0 saturated carbocycles. The van der Waals surface area contributed by atoms with E-state index in [0.717, 1.165) is 0 Å². The molecule has 0 spiro atoms. The first kappa shape index (κ1) is 9.97. The molecule has 1 aromatic rings. The van der Waals surface area contributed by atoms with E-state index >= 15 is 0 Å². The maximum absolute atomic E-state index is 11.8. The lowest BCUT2D eigenvalue weighted by atomic mass is 9.94. The number of hydrogen-bond donors (Lipinski definition) is 0. The SMILES string of the molecule is Cn1ncc(C(=O)C2COCCC2=O)n1. The van der Waals surface area contributed by atoms with Gasteiger partial charge in [-0.05, 0) is 0 Å². The molecular formula is C9H11N3O3. The smallest absolute Gasteiger partial charge is 0.197 e. The molecule has 0 aromatic carbocycles. The zero-order chi connectivity index (χ0) is 10.8. The summed E-state index contributed by atoms with van der Waals surface area (Å²) in [5.41, 5.74) is 0.223. The topological polar surface area (TPSA) is 74.1 Å². The van der Waals surface area contributed by atoms with Crippen LogP contribution >= 0.6 is 0 Å². The number of rotatable bonds is 2. The highest BCUT2D eigenvalue weighted by Crippen LogP contribution is 2.14. The van der Waals surface area contributed by atoms with Gasteiger partial charge in [0.2, 0.25) is 0 Å². The van der Waals surface area contributed by atoms with Crippen molar-refractivity contribution in [2.24, 2.45) is 13.0 Å². The molecule has 0 amide bonds. The number of ketones is 2. The molecule has 1 atom stereocenters. The van der Waals surface area contributed by atoms with Gasteiger partial charge in [0.15, 0.2) is 5.78 Å². The van der Waals surface area contributed by atoms with Crippen LogP contribution in [0.5, 0.6) is 0 Å². The Morgan fingerprint density at radius 2 is 2.47 bits per heavy atom. The van der Waals surface area contributed by atoms with Crippen LogP contribution in [-0.4, -0.2) is 39.8 Å². The number of aromatic nitrogens is 3. The van der Waals surface area contributed by atoms with Crippen LogP contribution in [-0.2, 0) is 16.6 Å². The van der Waals surface area contributed by atoms with Crippen LogP contribution in [0, 0.1) is 5.92 Å². The summed E-state index contributed by atoms with van der Waals surface area (Å²) in [6, 6.07) is 0. The lowest BCUT2D eigenvalue weighted by molar-refractivity contribution is -0.128. The Hall–Kier alpha value is -1.56. The average Bonchev–Trinajstić information content (AvgIpc) is 2.65. The van der Waals surface area contributed by atoms with E-state index in [1.807, 2.05) is 0 Å². The first-order valence-electron chi connectivity index (χ1n) is 4.69. The minimum Gasteiger partial charge on any atom is -0.380 e. The van der Waals surface area contributed by atoms with Crippen molar-refractivity contribution in [2.45, 2.75) is 6.42 Å². The summed E-state index contributed by atoms with van der Waals surface area (Å²) in [5.74, 6) is -1.07. The largest absolute Gasteiger partial charge is 0.380 e. The van der Waals surface area contributed by atoms with Gasteiger partial charge in [0.05, 0.1) is 19.4 Å². The molecule has 0 aliphatic carbocycles. The van der Waals surface area contributed by atoms with E-state index in [1.54, 1.807) is 7.05 Å². The second-order valence-corrected chi connectivity index (χ2v) is 3.43. The lowest BCUT2D eigenvalue weighted by Crippen LogP contribution is -2.34. The van der Waals surface area contributed by atoms with Crippen molar-refractivity contribution < 1.29 is 14.3 Å². The van der Waals surface area contributed by atoms with Gasteiger partial charge in [0, 0.05) is 13.5 Å². The van der Waals surface area contributed by atoms with E-state index in [0.29, 0.717) is 13.0 Å². The van der Waals surface area contributed by atoms with Crippen LogP contribution in [0.3, 0.4) is 0 Å². The van der Waals surface area contributed by atoms with Crippen LogP contribution in [0.2, 0.25) is 0 Å². The van der Waals surface area contributed by atoms with Crippen molar-refractivity contribution in [3.63, 3.8) is 0 Å². The molecule has 15 heavy (non-hydrogen) atoms. The van der Waals surface area contributed by atoms with E-state index in [1.165, 1.54) is 11.0 Å². The number of nitrogens with zero attached hydrogens (tertiary/aromatic N) is 3. The van der Waals surface area contributed by atoms with E-state index in [2.05, 4.69) is 10.2 Å². The Morgan fingerprint density at radius 3 is 3.07 bits per heavy atom. The summed E-state index contributed by atoms with van der Waals surface area (Å²) in [7, 11) is 1.62. The molecule has 1 unspecified atom stereocenters. The molecule has 1 saturated heterocycles. The number of hydrogen-bond acceptors (Lipinski definition) is 5. The highest BCUT2D eigenvalue weighted by Gasteiger charge is 2.31. The number of carbonyl (C=O) groups is 2. The zero-order valence-corrected chi connectivity index (χ0v) is 8.34. The van der Waals surface area contributed by atoms with Gasteiger partial charge in [-0.2, -0.15) is 15.0 Å². The molecule has 1 aliphatic rings. The number of ether oxygens (including phenoxy) is 1. The fourth-order valence-corrected chi connectivity index (χ4v) is 1.50. The van der Waals surface area contributed by atoms with Gasteiger partial charge in [-0.3, -0.25) is 9.59 Å². The molecule has 0 bridgehead atoms. The second kappa shape index (κ2) is 3.90. The Bertz CT molecular complexity index is 399. The second-order valence-electron chi connectivity index (χ2n) is 3.43. The van der Waals surface area contributed by atoms with Crippen molar-refractivity contribution in [3.8, 4) is 0 Å². The predicted molar refractivity (Wildman–Crippen MR) is 49.3 cm³/mol. The molecule has 2 heterocycles. The highest BCUT2D eigenvalue weighted by molar-refractivity contribution is 6.10. The van der Waals surface area contributed by atoms with Gasteiger partial charge in [-0.25, -0.2) is 0 Å². The van der Waals surface area contributed by atoms with Gasteiger partial charge >= 0.3 is 0 Å². The molecule has 80 valence electrons. The summed E-state index contributed by atoms with van der Waals surface area (Å²) < 4.78 is 5.11. The van der Waals surface area contributed by atoms with Gasteiger partial charge < -0.3 is 4.74 Å². The first-order chi connectivity index (χ1) is 7.18. The fraction of sp³-hybridized carbons (Fsp3) is 0.556. The molecular weight excluding hydrogens is 198 g/mol. The standard InChI is InChI=1S/C9H11N3O3/c1-12-10-4-7(11-12)9(14)6-5-15-3-2-8(6)13/h4,6H,2-3,5H2,1H3. The summed E-state index contributed by atoms with van der Waals surface area (Å²) >= 11 is 0. The lowest BCUT2D eigenvalue weighted by Gasteiger charge is -2.18. The minimum absolute atomic E-state index is 0.0723. The summed E-state index contributed by atoms with van der Waals surface area (Å²) in [5, 5.41) is 7.66. The van der Waals surface area contributed by atoms with Crippen LogP contribution in [0.15, 0.2) is 6.20 Å². The molecule has 6 nitrogen and oxygen atoms in total. The Morgan fingerprint density at radius 1 is 1.67 bits per heavy atom. The van der Waals surface area contributed by atoms with Crippen LogP contribution in [0.25, 0.3) is 0 Å². The van der Waals surface area contributed by atoms with Crippen LogP contribution in [0.4, 0.5) is 0 Å². The Kier molecular flexibility index (Phi) is 2.59. The van der Waals surface area contributed by atoms with E-state index in [9.17, 15) is 9.59 Å². The third-order valence-corrected chi connectivity index (χ3v) is 2.33. The number of carbonyl (C=O) groups excluding carboxylic acids is 2. The van der Waals surface area contributed by atoms with Crippen LogP contribution in [0.1, 0.15) is 16.9 Å². The molecule has 1 aliphatic heterocycles. The summed E-state index contributed by atoms with van der Waals surface area (Å²) in [6.07, 6.45) is 1.67. The predicted octanol–water partition coefficient (Wildman–Crippen LogP) is -0.397. The monoisotopic (exact) mass is 209 g/mol. The minimum atomic E-state index is -0.699. The normalized spacial score (nSPS) is 21.7. The van der Waals surface area contributed by atoms with Gasteiger partial charge in [-0.15, -0.1) is 0 Å². The third kappa shape index (κ3) is 1.94. The molecule has 0 N–H and O–H groups in total.